The molecular weight excluding hydrogens is 395 g/mol. The summed E-state index contributed by atoms with van der Waals surface area (Å²) in [6, 6.07) is 9.88. The number of aliphatic carboxylic acids is 1. The fourth-order valence-electron chi connectivity index (χ4n) is 2.34. The molecule has 0 spiro atoms. The van der Waals surface area contributed by atoms with Crippen LogP contribution in [0.15, 0.2) is 36.4 Å². The Morgan fingerprint density at radius 1 is 0.926 bits per heavy atom. The van der Waals surface area contributed by atoms with Gasteiger partial charge in [0.05, 0.1) is 6.61 Å². The molecule has 1 N–H and O–H groups in total. The minimum atomic E-state index is -1.09. The number of halogens is 2. The molecule has 0 bridgehead atoms. The van der Waals surface area contributed by atoms with E-state index in [0.29, 0.717) is 39.1 Å². The van der Waals surface area contributed by atoms with Crippen LogP contribution in [0, 0.1) is 0 Å². The number of hydrogen-bond donors (Lipinski definition) is 1. The molecule has 2 aromatic rings. The summed E-state index contributed by atoms with van der Waals surface area (Å²) in [6.45, 7) is 1.27. The Morgan fingerprint density at radius 2 is 1.44 bits per heavy atom. The van der Waals surface area contributed by atoms with Gasteiger partial charge in [-0.3, -0.25) is 0 Å². The Morgan fingerprint density at radius 3 is 1.93 bits per heavy atom. The van der Waals surface area contributed by atoms with Gasteiger partial charge in [0.15, 0.2) is 13.2 Å². The third kappa shape index (κ3) is 6.66. The zero-order valence-electron chi connectivity index (χ0n) is 14.5. The molecule has 8 heteroatoms. The third-order valence-corrected chi connectivity index (χ3v) is 3.90. The van der Waals surface area contributed by atoms with Crippen LogP contribution in [-0.4, -0.2) is 36.9 Å². The maximum atomic E-state index is 11.5. The van der Waals surface area contributed by atoms with E-state index in [4.69, 9.17) is 42.5 Å². The van der Waals surface area contributed by atoms with Crippen molar-refractivity contribution in [3.8, 4) is 11.5 Å². The van der Waals surface area contributed by atoms with Crippen molar-refractivity contribution < 1.29 is 28.9 Å². The number of hydrogen-bond acceptors (Lipinski definition) is 5. The molecule has 0 unspecified atom stereocenters. The summed E-state index contributed by atoms with van der Waals surface area (Å²) in [7, 11) is 0. The lowest BCUT2D eigenvalue weighted by Gasteiger charge is -2.14. The monoisotopic (exact) mass is 412 g/mol. The van der Waals surface area contributed by atoms with E-state index in [2.05, 4.69) is 0 Å². The average molecular weight is 413 g/mol. The van der Waals surface area contributed by atoms with Gasteiger partial charge in [-0.2, -0.15) is 0 Å². The van der Waals surface area contributed by atoms with E-state index in [1.807, 2.05) is 0 Å². The second kappa shape index (κ2) is 10.0. The molecule has 0 heterocycles. The average Bonchev–Trinajstić information content (AvgIpc) is 2.60. The molecule has 0 radical (unpaired) electrons. The zero-order valence-corrected chi connectivity index (χ0v) is 16.0. The molecule has 27 heavy (non-hydrogen) atoms. The van der Waals surface area contributed by atoms with Gasteiger partial charge in [-0.25, -0.2) is 9.59 Å². The molecule has 0 amide bonds. The molecule has 0 aliphatic carbocycles. The van der Waals surface area contributed by atoms with Crippen molar-refractivity contribution >= 4 is 35.1 Å². The minimum Gasteiger partial charge on any atom is -0.482 e. The van der Waals surface area contributed by atoms with Crippen molar-refractivity contribution in [2.75, 3.05) is 19.8 Å². The number of carbonyl (C=O) groups excluding carboxylic acids is 1. The van der Waals surface area contributed by atoms with Gasteiger partial charge in [-0.05, 0) is 43.3 Å². The second-order valence-electron chi connectivity index (χ2n) is 5.46. The quantitative estimate of drug-likeness (QED) is 0.626. The van der Waals surface area contributed by atoms with Crippen molar-refractivity contribution in [2.45, 2.75) is 13.3 Å². The topological polar surface area (TPSA) is 82.1 Å². The first-order valence-corrected chi connectivity index (χ1v) is 8.84. The van der Waals surface area contributed by atoms with Crippen LogP contribution < -0.4 is 9.47 Å². The Kier molecular flexibility index (Phi) is 7.76. The van der Waals surface area contributed by atoms with Crippen LogP contribution in [0.5, 0.6) is 11.5 Å². The van der Waals surface area contributed by atoms with Crippen LogP contribution in [0.2, 0.25) is 10.0 Å². The fraction of sp³-hybridized carbons (Fsp3) is 0.263. The predicted octanol–water partition coefficient (Wildman–Crippen LogP) is 3.99. The van der Waals surface area contributed by atoms with Crippen LogP contribution in [0.3, 0.4) is 0 Å². The molecule has 0 fully saturated rings. The number of esters is 1. The lowest BCUT2D eigenvalue weighted by Crippen LogP contribution is -2.15. The first-order chi connectivity index (χ1) is 12.9. The van der Waals surface area contributed by atoms with E-state index >= 15 is 0 Å². The largest absolute Gasteiger partial charge is 0.482 e. The molecule has 144 valence electrons. The van der Waals surface area contributed by atoms with Crippen molar-refractivity contribution in [1.82, 2.24) is 0 Å². The van der Waals surface area contributed by atoms with Gasteiger partial charge in [-0.1, -0.05) is 23.2 Å². The number of carbonyl (C=O) groups is 2. The first-order valence-electron chi connectivity index (χ1n) is 8.09. The molecule has 2 aromatic carbocycles. The maximum absolute atomic E-state index is 11.5. The molecule has 0 saturated carbocycles. The lowest BCUT2D eigenvalue weighted by molar-refractivity contribution is -0.145. The molecule has 0 atom stereocenters. The number of ether oxygens (including phenoxy) is 3. The predicted molar refractivity (Wildman–Crippen MR) is 101 cm³/mol. The highest BCUT2D eigenvalue weighted by Crippen LogP contribution is 2.30. The molecule has 0 aromatic heterocycles. The van der Waals surface area contributed by atoms with Gasteiger partial charge in [0, 0.05) is 27.6 Å². The highest BCUT2D eigenvalue weighted by atomic mass is 35.5. The Labute approximate surface area is 166 Å². The SMILES string of the molecule is CCOC(=O)COc1ccc(Cl)cc1Cc1cc(Cl)ccc1OCC(=O)O. The highest BCUT2D eigenvalue weighted by Gasteiger charge is 2.13. The normalized spacial score (nSPS) is 10.3. The number of carboxylic acid groups (broad SMARTS) is 1. The third-order valence-electron chi connectivity index (χ3n) is 3.43. The maximum Gasteiger partial charge on any atom is 0.344 e. The molecule has 6 nitrogen and oxygen atoms in total. The van der Waals surface area contributed by atoms with Crippen LogP contribution in [0.25, 0.3) is 0 Å². The Hall–Kier alpha value is -2.44. The van der Waals surface area contributed by atoms with Gasteiger partial charge in [-0.15, -0.1) is 0 Å². The summed E-state index contributed by atoms with van der Waals surface area (Å²) in [6.07, 6.45) is 0.314. The van der Waals surface area contributed by atoms with Crippen molar-refractivity contribution in [3.63, 3.8) is 0 Å². The molecule has 0 aliphatic rings. The standard InChI is InChI=1S/C19H18Cl2O6/c1-2-25-19(24)11-27-17-6-4-15(21)9-13(17)7-12-8-14(20)3-5-16(12)26-10-18(22)23/h3-6,8-9H,2,7,10-11H2,1H3,(H,22,23). The zero-order chi connectivity index (χ0) is 19.8. The van der Waals surface area contributed by atoms with Crippen LogP contribution in [0.4, 0.5) is 0 Å². The van der Waals surface area contributed by atoms with Crippen LogP contribution in [0.1, 0.15) is 18.1 Å². The molecule has 0 aliphatic heterocycles. The lowest BCUT2D eigenvalue weighted by atomic mass is 10.0. The van der Waals surface area contributed by atoms with Gasteiger partial charge >= 0.3 is 11.9 Å². The van der Waals surface area contributed by atoms with E-state index < -0.39 is 18.5 Å². The van der Waals surface area contributed by atoms with Crippen LogP contribution in [-0.2, 0) is 20.7 Å². The van der Waals surface area contributed by atoms with Crippen molar-refractivity contribution in [2.24, 2.45) is 0 Å². The van der Waals surface area contributed by atoms with Crippen molar-refractivity contribution in [1.29, 1.82) is 0 Å². The number of carboxylic acids is 1. The van der Waals surface area contributed by atoms with E-state index in [-0.39, 0.29) is 13.2 Å². The van der Waals surface area contributed by atoms with E-state index in [9.17, 15) is 9.59 Å². The summed E-state index contributed by atoms with van der Waals surface area (Å²) in [4.78, 5) is 22.3. The van der Waals surface area contributed by atoms with Gasteiger partial charge in [0.25, 0.3) is 0 Å². The summed E-state index contributed by atoms with van der Waals surface area (Å²) in [5, 5.41) is 9.79. The molecule has 0 saturated heterocycles. The summed E-state index contributed by atoms with van der Waals surface area (Å²) >= 11 is 12.2. The first kappa shape index (κ1) is 20.9. The number of rotatable bonds is 9. The van der Waals surface area contributed by atoms with E-state index in [0.717, 1.165) is 0 Å². The Balaban J connectivity index is 2.25. The Bertz CT molecular complexity index is 822. The second-order valence-corrected chi connectivity index (χ2v) is 6.33. The van der Waals surface area contributed by atoms with E-state index in [1.165, 1.54) is 0 Å². The van der Waals surface area contributed by atoms with E-state index in [1.54, 1.807) is 43.3 Å². The highest BCUT2D eigenvalue weighted by molar-refractivity contribution is 6.31. The summed E-state index contributed by atoms with van der Waals surface area (Å²) in [5.74, 6) is -0.724. The van der Waals surface area contributed by atoms with Gasteiger partial charge < -0.3 is 19.3 Å². The van der Waals surface area contributed by atoms with Crippen LogP contribution >= 0.6 is 23.2 Å². The van der Waals surface area contributed by atoms with Crippen molar-refractivity contribution in [3.05, 3.63) is 57.6 Å². The molecule has 2 rings (SSSR count). The van der Waals surface area contributed by atoms with Gasteiger partial charge in [0.2, 0.25) is 0 Å². The molecular formula is C19H18Cl2O6. The summed E-state index contributed by atoms with van der Waals surface area (Å²) in [5.41, 5.74) is 1.35. The van der Waals surface area contributed by atoms with Gasteiger partial charge in [0.1, 0.15) is 11.5 Å². The minimum absolute atomic E-state index is 0.236. The fourth-order valence-corrected chi connectivity index (χ4v) is 2.73. The summed E-state index contributed by atoms with van der Waals surface area (Å²) < 4.78 is 15.7. The smallest absolute Gasteiger partial charge is 0.344 e. The number of benzene rings is 2.